The van der Waals surface area contributed by atoms with Gasteiger partial charge in [0.2, 0.25) is 0 Å². The third-order valence-electron chi connectivity index (χ3n) is 3.53. The lowest BCUT2D eigenvalue weighted by atomic mass is 10.1. The van der Waals surface area contributed by atoms with Gasteiger partial charge >= 0.3 is 0 Å². The maximum absolute atomic E-state index is 13.3. The molecule has 2 aromatic carbocycles. The zero-order chi connectivity index (χ0) is 17.0. The Kier molecular flexibility index (Phi) is 5.32. The van der Waals surface area contributed by atoms with E-state index in [4.69, 9.17) is 4.74 Å². The number of likely N-dealkylation sites (N-methyl/N-ethyl adjacent to an activating group) is 1. The van der Waals surface area contributed by atoms with Crippen molar-refractivity contribution < 1.29 is 18.3 Å². The molecule has 0 fully saturated rings. The number of nitrogens with zero attached hydrogens (tertiary/aromatic N) is 1. The van der Waals surface area contributed by atoms with E-state index in [1.54, 1.807) is 6.92 Å². The first-order valence-electron chi connectivity index (χ1n) is 7.38. The van der Waals surface area contributed by atoms with Crippen LogP contribution in [0, 0.1) is 25.5 Å². The van der Waals surface area contributed by atoms with Crippen LogP contribution >= 0.6 is 0 Å². The smallest absolute Gasteiger partial charge is 0.264 e. The molecular formula is C18H19F2NO2. The van der Waals surface area contributed by atoms with Crippen molar-refractivity contribution in [2.45, 2.75) is 20.8 Å². The Labute approximate surface area is 134 Å². The Morgan fingerprint density at radius 1 is 1.09 bits per heavy atom. The predicted octanol–water partition coefficient (Wildman–Crippen LogP) is 4.01. The minimum atomic E-state index is -0.982. The van der Waals surface area contributed by atoms with Crippen LogP contribution < -0.4 is 9.64 Å². The first-order valence-corrected chi connectivity index (χ1v) is 7.38. The standard InChI is InChI=1S/C18H19F2NO2/c1-4-21(14-7-8-15(19)16(20)10-14)18(22)11-23-17-9-12(2)5-6-13(17)3/h5-10H,4,11H2,1-3H3. The second-order valence-corrected chi connectivity index (χ2v) is 5.29. The largest absolute Gasteiger partial charge is 0.483 e. The van der Waals surface area contributed by atoms with Crippen LogP contribution in [0.15, 0.2) is 36.4 Å². The van der Waals surface area contributed by atoms with Crippen molar-refractivity contribution in [2.24, 2.45) is 0 Å². The molecule has 5 heteroatoms. The van der Waals surface area contributed by atoms with Crippen LogP contribution in [0.4, 0.5) is 14.5 Å². The summed E-state index contributed by atoms with van der Waals surface area (Å²) in [7, 11) is 0. The van der Waals surface area contributed by atoms with E-state index < -0.39 is 11.6 Å². The highest BCUT2D eigenvalue weighted by Crippen LogP contribution is 2.21. The maximum atomic E-state index is 13.3. The number of halogens is 2. The molecule has 0 aromatic heterocycles. The summed E-state index contributed by atoms with van der Waals surface area (Å²) in [5.41, 5.74) is 2.27. The molecule has 0 radical (unpaired) electrons. The van der Waals surface area contributed by atoms with Gasteiger partial charge in [-0.15, -0.1) is 0 Å². The highest BCUT2D eigenvalue weighted by atomic mass is 19.2. The van der Waals surface area contributed by atoms with Gasteiger partial charge in [0.25, 0.3) is 5.91 Å². The number of carbonyl (C=O) groups is 1. The molecule has 0 atom stereocenters. The van der Waals surface area contributed by atoms with E-state index in [1.165, 1.54) is 11.0 Å². The van der Waals surface area contributed by atoms with E-state index in [1.807, 2.05) is 32.0 Å². The summed E-state index contributed by atoms with van der Waals surface area (Å²) >= 11 is 0. The Hall–Kier alpha value is -2.43. The average molecular weight is 319 g/mol. The zero-order valence-electron chi connectivity index (χ0n) is 13.4. The SMILES string of the molecule is CCN(C(=O)COc1cc(C)ccc1C)c1ccc(F)c(F)c1. The van der Waals surface area contributed by atoms with Gasteiger partial charge in [-0.3, -0.25) is 4.79 Å². The Morgan fingerprint density at radius 2 is 1.83 bits per heavy atom. The van der Waals surface area contributed by atoms with Crippen molar-refractivity contribution in [3.8, 4) is 5.75 Å². The highest BCUT2D eigenvalue weighted by Gasteiger charge is 2.16. The molecule has 0 aliphatic heterocycles. The number of hydrogen-bond donors (Lipinski definition) is 0. The van der Waals surface area contributed by atoms with Crippen LogP contribution in [0.25, 0.3) is 0 Å². The summed E-state index contributed by atoms with van der Waals surface area (Å²) in [6, 6.07) is 9.13. The predicted molar refractivity (Wildman–Crippen MR) is 85.8 cm³/mol. The average Bonchev–Trinajstić information content (AvgIpc) is 2.52. The van der Waals surface area contributed by atoms with Crippen molar-refractivity contribution in [3.05, 3.63) is 59.2 Å². The fraction of sp³-hybridized carbons (Fsp3) is 0.278. The van der Waals surface area contributed by atoms with E-state index >= 15 is 0 Å². The zero-order valence-corrected chi connectivity index (χ0v) is 13.4. The quantitative estimate of drug-likeness (QED) is 0.833. The van der Waals surface area contributed by atoms with Crippen LogP contribution in [0.1, 0.15) is 18.1 Å². The van der Waals surface area contributed by atoms with E-state index in [9.17, 15) is 13.6 Å². The molecular weight excluding hydrogens is 300 g/mol. The first-order chi connectivity index (χ1) is 10.9. The molecule has 0 saturated heterocycles. The van der Waals surface area contributed by atoms with Crippen LogP contribution in [-0.4, -0.2) is 19.1 Å². The van der Waals surface area contributed by atoms with Crippen LogP contribution in [-0.2, 0) is 4.79 Å². The molecule has 3 nitrogen and oxygen atoms in total. The van der Waals surface area contributed by atoms with E-state index in [-0.39, 0.29) is 12.5 Å². The molecule has 23 heavy (non-hydrogen) atoms. The van der Waals surface area contributed by atoms with Crippen molar-refractivity contribution in [3.63, 3.8) is 0 Å². The number of amides is 1. The van der Waals surface area contributed by atoms with Gasteiger partial charge in [-0.1, -0.05) is 12.1 Å². The Bertz CT molecular complexity index is 716. The van der Waals surface area contributed by atoms with Gasteiger partial charge in [-0.2, -0.15) is 0 Å². The summed E-state index contributed by atoms with van der Waals surface area (Å²) < 4.78 is 31.9. The van der Waals surface area contributed by atoms with E-state index in [0.717, 1.165) is 23.3 Å². The summed E-state index contributed by atoms with van der Waals surface area (Å²) in [5, 5.41) is 0. The molecule has 2 rings (SSSR count). The number of anilines is 1. The lowest BCUT2D eigenvalue weighted by molar-refractivity contribution is -0.120. The molecule has 0 bridgehead atoms. The summed E-state index contributed by atoms with van der Waals surface area (Å²) in [6.07, 6.45) is 0. The second-order valence-electron chi connectivity index (χ2n) is 5.29. The Morgan fingerprint density at radius 3 is 2.48 bits per heavy atom. The van der Waals surface area contributed by atoms with Crippen LogP contribution in [0.5, 0.6) is 5.75 Å². The molecule has 0 spiro atoms. The Balaban J connectivity index is 2.11. The molecule has 0 N–H and O–H groups in total. The van der Waals surface area contributed by atoms with Crippen molar-refractivity contribution >= 4 is 11.6 Å². The molecule has 0 aliphatic rings. The minimum Gasteiger partial charge on any atom is -0.483 e. The second kappa shape index (κ2) is 7.22. The van der Waals surface area contributed by atoms with E-state index in [0.29, 0.717) is 18.0 Å². The van der Waals surface area contributed by atoms with Crippen molar-refractivity contribution in [2.75, 3.05) is 18.1 Å². The van der Waals surface area contributed by atoms with Gasteiger partial charge in [-0.05, 0) is 50.1 Å². The lowest BCUT2D eigenvalue weighted by Crippen LogP contribution is -2.35. The van der Waals surface area contributed by atoms with Crippen molar-refractivity contribution in [1.29, 1.82) is 0 Å². The monoisotopic (exact) mass is 319 g/mol. The van der Waals surface area contributed by atoms with Gasteiger partial charge in [0.15, 0.2) is 18.2 Å². The third-order valence-corrected chi connectivity index (χ3v) is 3.53. The lowest BCUT2D eigenvalue weighted by Gasteiger charge is -2.21. The van der Waals surface area contributed by atoms with Gasteiger partial charge in [0, 0.05) is 18.3 Å². The number of aryl methyl sites for hydroxylation is 2. The highest BCUT2D eigenvalue weighted by molar-refractivity contribution is 5.94. The molecule has 1 amide bonds. The molecule has 122 valence electrons. The van der Waals surface area contributed by atoms with Crippen LogP contribution in [0.2, 0.25) is 0 Å². The maximum Gasteiger partial charge on any atom is 0.264 e. The van der Waals surface area contributed by atoms with Gasteiger partial charge in [0.1, 0.15) is 5.75 Å². The first kappa shape index (κ1) is 16.9. The number of ether oxygens (including phenoxy) is 1. The minimum absolute atomic E-state index is 0.170. The van der Waals surface area contributed by atoms with Crippen LogP contribution in [0.3, 0.4) is 0 Å². The topological polar surface area (TPSA) is 29.5 Å². The normalized spacial score (nSPS) is 10.5. The molecule has 0 aliphatic carbocycles. The van der Waals surface area contributed by atoms with Crippen molar-refractivity contribution in [1.82, 2.24) is 0 Å². The number of hydrogen-bond acceptors (Lipinski definition) is 2. The summed E-state index contributed by atoms with van der Waals surface area (Å²) in [4.78, 5) is 13.7. The number of benzene rings is 2. The van der Waals surface area contributed by atoms with E-state index in [2.05, 4.69) is 0 Å². The fourth-order valence-electron chi connectivity index (χ4n) is 2.24. The summed E-state index contributed by atoms with van der Waals surface area (Å²) in [6.45, 7) is 5.76. The van der Waals surface area contributed by atoms with Gasteiger partial charge in [0.05, 0.1) is 0 Å². The summed E-state index contributed by atoms with van der Waals surface area (Å²) in [5.74, 6) is -1.60. The molecule has 2 aromatic rings. The number of carbonyl (C=O) groups excluding carboxylic acids is 1. The third kappa shape index (κ3) is 4.06. The molecule has 0 heterocycles. The van der Waals surface area contributed by atoms with Gasteiger partial charge < -0.3 is 9.64 Å². The van der Waals surface area contributed by atoms with Gasteiger partial charge in [-0.25, -0.2) is 8.78 Å². The number of rotatable bonds is 5. The molecule has 0 saturated carbocycles. The molecule has 0 unspecified atom stereocenters. The fourth-order valence-corrected chi connectivity index (χ4v) is 2.24.